The van der Waals surface area contributed by atoms with E-state index >= 15 is 0 Å². The molecule has 32 heavy (non-hydrogen) atoms. The summed E-state index contributed by atoms with van der Waals surface area (Å²) in [4.78, 5) is 34.8. The lowest BCUT2D eigenvalue weighted by Crippen LogP contribution is -2.39. The number of ether oxygens (including phenoxy) is 1. The lowest BCUT2D eigenvalue weighted by atomic mass is 9.97. The first-order chi connectivity index (χ1) is 15.4. The number of amides is 1. The van der Waals surface area contributed by atoms with Crippen molar-refractivity contribution in [3.63, 3.8) is 0 Å². The van der Waals surface area contributed by atoms with Crippen LogP contribution in [0.25, 0.3) is 11.0 Å². The molecule has 1 amide bonds. The number of nitrogens with one attached hydrogen (secondary N) is 2. The predicted octanol–water partition coefficient (Wildman–Crippen LogP) is 4.04. The number of carbonyl (C=O) groups is 1. The number of fused-ring (bicyclic) bond motifs is 1. The Bertz CT molecular complexity index is 1140. The van der Waals surface area contributed by atoms with Gasteiger partial charge in [-0.3, -0.25) is 9.59 Å². The fraction of sp³-hybridized carbons (Fsp3) is 0.480. The van der Waals surface area contributed by atoms with Crippen molar-refractivity contribution in [3.05, 3.63) is 63.3 Å². The zero-order valence-electron chi connectivity index (χ0n) is 19.3. The topological polar surface area (TPSA) is 89.0 Å². The maximum absolute atomic E-state index is 13.4. The Morgan fingerprint density at radius 1 is 1.34 bits per heavy atom. The van der Waals surface area contributed by atoms with Gasteiger partial charge in [0.15, 0.2) is 0 Å². The fourth-order valence-electron chi connectivity index (χ4n) is 4.47. The summed E-state index contributed by atoms with van der Waals surface area (Å²) in [5, 5.41) is 3.11. The Morgan fingerprint density at radius 2 is 2.12 bits per heavy atom. The van der Waals surface area contributed by atoms with Crippen LogP contribution in [0.2, 0.25) is 0 Å². The van der Waals surface area contributed by atoms with Crippen molar-refractivity contribution in [2.75, 3.05) is 6.61 Å². The minimum absolute atomic E-state index is 0.0217. The molecule has 0 aliphatic carbocycles. The SMILES string of the molecule is CC[C@H](C)[C@H](NC(=O)c1c(C)cc(C)n(C[C@@H]2CCCO2)c1=O)c1nc2ccccc2[nH]1. The van der Waals surface area contributed by atoms with Gasteiger partial charge >= 0.3 is 0 Å². The molecule has 4 rings (SSSR count). The van der Waals surface area contributed by atoms with Gasteiger partial charge in [-0.05, 0) is 56.4 Å². The van der Waals surface area contributed by atoms with Crippen LogP contribution in [-0.2, 0) is 11.3 Å². The summed E-state index contributed by atoms with van der Waals surface area (Å²) in [5.41, 5.74) is 3.24. The molecule has 1 aromatic carbocycles. The Balaban J connectivity index is 1.66. The molecule has 3 aromatic rings. The van der Waals surface area contributed by atoms with Crippen LogP contribution < -0.4 is 10.9 Å². The number of rotatable bonds is 7. The number of aromatic nitrogens is 3. The number of benzene rings is 1. The smallest absolute Gasteiger partial charge is 0.263 e. The van der Waals surface area contributed by atoms with E-state index in [2.05, 4.69) is 24.1 Å². The number of hydrogen-bond donors (Lipinski definition) is 2. The van der Waals surface area contributed by atoms with Gasteiger partial charge in [-0.15, -0.1) is 0 Å². The van der Waals surface area contributed by atoms with Crippen LogP contribution in [0.3, 0.4) is 0 Å². The van der Waals surface area contributed by atoms with Gasteiger partial charge in [0.1, 0.15) is 11.4 Å². The normalized spacial score (nSPS) is 18.1. The Labute approximate surface area is 188 Å². The van der Waals surface area contributed by atoms with Crippen LogP contribution in [0.1, 0.15) is 66.6 Å². The average molecular weight is 437 g/mol. The zero-order chi connectivity index (χ0) is 22.8. The van der Waals surface area contributed by atoms with Crippen LogP contribution in [0.5, 0.6) is 0 Å². The molecule has 7 heteroatoms. The highest BCUT2D eigenvalue weighted by Crippen LogP contribution is 2.25. The molecule has 1 aliphatic rings. The molecule has 7 nitrogen and oxygen atoms in total. The minimum atomic E-state index is -0.362. The highest BCUT2D eigenvalue weighted by Gasteiger charge is 2.27. The molecule has 0 bridgehead atoms. The Kier molecular flexibility index (Phi) is 6.46. The van der Waals surface area contributed by atoms with E-state index in [-0.39, 0.29) is 35.1 Å². The van der Waals surface area contributed by atoms with Crippen LogP contribution in [0, 0.1) is 19.8 Å². The standard InChI is InChI=1S/C25H32N4O3/c1-5-15(2)22(23-26-19-10-6-7-11-20(19)27-23)28-24(30)21-16(3)13-17(4)29(25(21)31)14-18-9-8-12-32-18/h6-7,10-11,13,15,18,22H,5,8-9,12,14H2,1-4H3,(H,26,27)(H,28,30)/t15-,18-,22-/m0/s1. The number of aromatic amines is 1. The molecule has 2 N–H and O–H groups in total. The summed E-state index contributed by atoms with van der Waals surface area (Å²) < 4.78 is 7.40. The van der Waals surface area contributed by atoms with Crippen molar-refractivity contribution < 1.29 is 9.53 Å². The number of imidazole rings is 1. The molecule has 1 saturated heterocycles. The lowest BCUT2D eigenvalue weighted by molar-refractivity contribution is 0.0904. The van der Waals surface area contributed by atoms with Crippen LogP contribution in [0.15, 0.2) is 35.1 Å². The van der Waals surface area contributed by atoms with Crippen molar-refractivity contribution in [1.82, 2.24) is 19.9 Å². The third kappa shape index (κ3) is 4.35. The van der Waals surface area contributed by atoms with E-state index < -0.39 is 0 Å². The van der Waals surface area contributed by atoms with Crippen LogP contribution in [-0.4, -0.2) is 33.2 Å². The summed E-state index contributed by atoms with van der Waals surface area (Å²) in [6.07, 6.45) is 2.82. The van der Waals surface area contributed by atoms with E-state index in [9.17, 15) is 9.59 Å². The summed E-state index contributed by atoms with van der Waals surface area (Å²) >= 11 is 0. The van der Waals surface area contributed by atoms with E-state index in [0.717, 1.165) is 42.6 Å². The number of carbonyl (C=O) groups excluding carboxylic acids is 1. The largest absolute Gasteiger partial charge is 0.376 e. The first-order valence-electron chi connectivity index (χ1n) is 11.5. The van der Waals surface area contributed by atoms with Crippen LogP contribution in [0.4, 0.5) is 0 Å². The van der Waals surface area contributed by atoms with E-state index in [1.165, 1.54) is 0 Å². The summed E-state index contributed by atoms with van der Waals surface area (Å²) in [6, 6.07) is 9.38. The van der Waals surface area contributed by atoms with Gasteiger partial charge in [-0.1, -0.05) is 32.4 Å². The van der Waals surface area contributed by atoms with E-state index in [1.54, 1.807) is 4.57 Å². The lowest BCUT2D eigenvalue weighted by Gasteiger charge is -2.23. The minimum Gasteiger partial charge on any atom is -0.376 e. The number of nitrogens with zero attached hydrogens (tertiary/aromatic N) is 2. The fourth-order valence-corrected chi connectivity index (χ4v) is 4.47. The van der Waals surface area contributed by atoms with Crippen molar-refractivity contribution in [3.8, 4) is 0 Å². The second kappa shape index (κ2) is 9.28. The summed E-state index contributed by atoms with van der Waals surface area (Å²) in [6.45, 7) is 9.09. The van der Waals surface area contributed by atoms with Gasteiger partial charge in [0.25, 0.3) is 11.5 Å². The maximum atomic E-state index is 13.4. The first kappa shape index (κ1) is 22.3. The molecule has 170 valence electrons. The van der Waals surface area contributed by atoms with E-state index in [1.807, 2.05) is 44.2 Å². The molecule has 0 spiro atoms. The molecule has 3 atom stereocenters. The summed E-state index contributed by atoms with van der Waals surface area (Å²) in [5.74, 6) is 0.483. The van der Waals surface area contributed by atoms with Gasteiger partial charge < -0.3 is 19.6 Å². The monoisotopic (exact) mass is 436 g/mol. The molecule has 2 aromatic heterocycles. The number of hydrogen-bond acceptors (Lipinski definition) is 4. The molecule has 1 fully saturated rings. The third-order valence-electron chi connectivity index (χ3n) is 6.54. The van der Waals surface area contributed by atoms with Gasteiger partial charge in [0, 0.05) is 12.3 Å². The van der Waals surface area contributed by atoms with Gasteiger partial charge in [0.2, 0.25) is 0 Å². The number of aryl methyl sites for hydroxylation is 2. The van der Waals surface area contributed by atoms with Crippen molar-refractivity contribution in [2.45, 2.75) is 65.6 Å². The van der Waals surface area contributed by atoms with E-state index in [4.69, 9.17) is 9.72 Å². The Hall–Kier alpha value is -2.93. The second-order valence-corrected chi connectivity index (χ2v) is 8.87. The van der Waals surface area contributed by atoms with Gasteiger partial charge in [-0.25, -0.2) is 4.98 Å². The summed E-state index contributed by atoms with van der Waals surface area (Å²) in [7, 11) is 0. The number of H-pyrrole nitrogens is 1. The molecule has 0 unspecified atom stereocenters. The predicted molar refractivity (Wildman–Crippen MR) is 125 cm³/mol. The third-order valence-corrected chi connectivity index (χ3v) is 6.54. The number of para-hydroxylation sites is 2. The van der Waals surface area contributed by atoms with Gasteiger partial charge in [0.05, 0.1) is 29.7 Å². The molecular weight excluding hydrogens is 404 g/mol. The van der Waals surface area contributed by atoms with Crippen molar-refractivity contribution in [2.24, 2.45) is 5.92 Å². The molecular formula is C25H32N4O3. The Morgan fingerprint density at radius 3 is 2.81 bits per heavy atom. The molecule has 0 saturated carbocycles. The van der Waals surface area contributed by atoms with Crippen molar-refractivity contribution in [1.29, 1.82) is 0 Å². The zero-order valence-corrected chi connectivity index (χ0v) is 19.3. The van der Waals surface area contributed by atoms with Crippen LogP contribution >= 0.6 is 0 Å². The first-order valence-corrected chi connectivity index (χ1v) is 11.5. The molecule has 1 aliphatic heterocycles. The average Bonchev–Trinajstić information content (AvgIpc) is 3.43. The highest BCUT2D eigenvalue weighted by molar-refractivity contribution is 5.95. The molecule has 3 heterocycles. The highest BCUT2D eigenvalue weighted by atomic mass is 16.5. The van der Waals surface area contributed by atoms with E-state index in [0.29, 0.717) is 17.9 Å². The second-order valence-electron chi connectivity index (χ2n) is 8.87. The quantitative estimate of drug-likeness (QED) is 0.585. The van der Waals surface area contributed by atoms with Gasteiger partial charge in [-0.2, -0.15) is 0 Å². The number of pyridine rings is 1. The maximum Gasteiger partial charge on any atom is 0.263 e. The van der Waals surface area contributed by atoms with Crippen molar-refractivity contribution >= 4 is 16.9 Å². The molecule has 0 radical (unpaired) electrons.